The SMILES string of the molecule is CCOc1ccc(CN2CCC[C@H](c3[nH]ncc3-c3cccc(F)c3)C2)cc1. The summed E-state index contributed by atoms with van der Waals surface area (Å²) in [6.45, 7) is 5.66. The fraction of sp³-hybridized carbons (Fsp3) is 0.348. The van der Waals surface area contributed by atoms with Crippen LogP contribution in [0.15, 0.2) is 54.7 Å². The number of benzene rings is 2. The first kappa shape index (κ1) is 18.7. The monoisotopic (exact) mass is 379 g/mol. The Hall–Kier alpha value is -2.66. The summed E-state index contributed by atoms with van der Waals surface area (Å²) in [5, 5.41) is 7.44. The molecule has 1 aliphatic heterocycles. The summed E-state index contributed by atoms with van der Waals surface area (Å²) in [6.07, 6.45) is 4.07. The fourth-order valence-electron chi connectivity index (χ4n) is 4.04. The van der Waals surface area contributed by atoms with E-state index in [2.05, 4.69) is 27.2 Å². The highest BCUT2D eigenvalue weighted by molar-refractivity contribution is 5.65. The van der Waals surface area contributed by atoms with Gasteiger partial charge in [0.05, 0.1) is 12.8 Å². The Balaban J connectivity index is 1.47. The molecule has 0 saturated carbocycles. The molecule has 4 rings (SSSR count). The van der Waals surface area contributed by atoms with Crippen LogP contribution in [0.5, 0.6) is 5.75 Å². The van der Waals surface area contributed by atoms with Gasteiger partial charge >= 0.3 is 0 Å². The van der Waals surface area contributed by atoms with E-state index in [0.29, 0.717) is 12.5 Å². The van der Waals surface area contributed by atoms with Crippen LogP contribution in [0.3, 0.4) is 0 Å². The second-order valence-corrected chi connectivity index (χ2v) is 7.36. The summed E-state index contributed by atoms with van der Waals surface area (Å²) >= 11 is 0. The highest BCUT2D eigenvalue weighted by atomic mass is 19.1. The second-order valence-electron chi connectivity index (χ2n) is 7.36. The van der Waals surface area contributed by atoms with Gasteiger partial charge in [-0.15, -0.1) is 0 Å². The van der Waals surface area contributed by atoms with Crippen molar-refractivity contribution < 1.29 is 9.13 Å². The molecule has 0 aliphatic carbocycles. The van der Waals surface area contributed by atoms with Crippen LogP contribution in [0.2, 0.25) is 0 Å². The lowest BCUT2D eigenvalue weighted by atomic mass is 9.90. The van der Waals surface area contributed by atoms with E-state index in [1.54, 1.807) is 12.1 Å². The molecule has 5 heteroatoms. The van der Waals surface area contributed by atoms with E-state index in [1.165, 1.54) is 11.6 Å². The number of ether oxygens (including phenoxy) is 1. The number of H-pyrrole nitrogens is 1. The zero-order valence-corrected chi connectivity index (χ0v) is 16.2. The molecule has 1 aromatic heterocycles. The summed E-state index contributed by atoms with van der Waals surface area (Å²) in [5.41, 5.74) is 4.29. The van der Waals surface area contributed by atoms with Crippen molar-refractivity contribution in [3.8, 4) is 16.9 Å². The molecule has 4 nitrogen and oxygen atoms in total. The summed E-state index contributed by atoms with van der Waals surface area (Å²) in [5.74, 6) is 1.07. The molecule has 1 saturated heterocycles. The van der Waals surface area contributed by atoms with E-state index < -0.39 is 0 Å². The number of rotatable bonds is 6. The maximum Gasteiger partial charge on any atom is 0.123 e. The van der Waals surface area contributed by atoms with Gasteiger partial charge in [0, 0.05) is 30.3 Å². The van der Waals surface area contributed by atoms with Gasteiger partial charge in [0.15, 0.2) is 0 Å². The van der Waals surface area contributed by atoms with Crippen molar-refractivity contribution in [1.82, 2.24) is 15.1 Å². The van der Waals surface area contributed by atoms with Gasteiger partial charge in [-0.1, -0.05) is 24.3 Å². The normalized spacial score (nSPS) is 17.6. The average Bonchev–Trinajstić information content (AvgIpc) is 3.20. The van der Waals surface area contributed by atoms with Crippen LogP contribution in [0, 0.1) is 5.82 Å². The van der Waals surface area contributed by atoms with Crippen LogP contribution in [0.25, 0.3) is 11.1 Å². The van der Waals surface area contributed by atoms with Crippen LogP contribution in [-0.4, -0.2) is 34.8 Å². The fourth-order valence-corrected chi connectivity index (χ4v) is 4.04. The van der Waals surface area contributed by atoms with E-state index in [-0.39, 0.29) is 5.82 Å². The van der Waals surface area contributed by atoms with Crippen molar-refractivity contribution in [2.75, 3.05) is 19.7 Å². The third-order valence-corrected chi connectivity index (χ3v) is 5.36. The minimum Gasteiger partial charge on any atom is -0.494 e. The van der Waals surface area contributed by atoms with E-state index in [0.717, 1.165) is 55.0 Å². The molecular formula is C23H26FN3O. The van der Waals surface area contributed by atoms with E-state index >= 15 is 0 Å². The molecule has 1 N–H and O–H groups in total. The minimum absolute atomic E-state index is 0.217. The predicted octanol–water partition coefficient (Wildman–Crippen LogP) is 4.99. The summed E-state index contributed by atoms with van der Waals surface area (Å²) in [6, 6.07) is 15.1. The van der Waals surface area contributed by atoms with Crippen LogP contribution in [0.1, 0.15) is 36.9 Å². The molecule has 0 radical (unpaired) electrons. The van der Waals surface area contributed by atoms with Crippen LogP contribution in [-0.2, 0) is 6.54 Å². The Morgan fingerprint density at radius 2 is 2.07 bits per heavy atom. The first-order valence-corrected chi connectivity index (χ1v) is 9.96. The van der Waals surface area contributed by atoms with Gasteiger partial charge in [-0.05, 0) is 61.7 Å². The maximum atomic E-state index is 13.7. The van der Waals surface area contributed by atoms with E-state index in [1.807, 2.05) is 31.3 Å². The summed E-state index contributed by atoms with van der Waals surface area (Å²) in [4.78, 5) is 2.49. The van der Waals surface area contributed by atoms with Crippen molar-refractivity contribution in [2.24, 2.45) is 0 Å². The molecule has 28 heavy (non-hydrogen) atoms. The minimum atomic E-state index is -0.217. The molecule has 3 aromatic rings. The Morgan fingerprint density at radius 1 is 1.21 bits per heavy atom. The van der Waals surface area contributed by atoms with Gasteiger partial charge in [-0.3, -0.25) is 10.00 Å². The number of hydrogen-bond donors (Lipinski definition) is 1. The molecule has 1 atom stereocenters. The molecule has 146 valence electrons. The standard InChI is InChI=1S/C23H26FN3O/c1-2-28-21-10-8-17(9-11-21)15-27-12-4-6-19(16-27)23-22(14-25-26-23)18-5-3-7-20(24)13-18/h3,5,7-11,13-14,19H,2,4,6,12,15-16H2,1H3,(H,25,26)/t19-/m0/s1. The first-order valence-electron chi connectivity index (χ1n) is 9.96. The van der Waals surface area contributed by atoms with Crippen molar-refractivity contribution in [1.29, 1.82) is 0 Å². The number of nitrogens with zero attached hydrogens (tertiary/aromatic N) is 2. The van der Waals surface area contributed by atoms with Gasteiger partial charge in [0.25, 0.3) is 0 Å². The highest BCUT2D eigenvalue weighted by Crippen LogP contribution is 2.33. The Kier molecular flexibility index (Phi) is 5.72. The lowest BCUT2D eigenvalue weighted by Crippen LogP contribution is -2.34. The number of aromatic amines is 1. The zero-order chi connectivity index (χ0) is 19.3. The van der Waals surface area contributed by atoms with Crippen LogP contribution < -0.4 is 4.74 Å². The largest absolute Gasteiger partial charge is 0.494 e. The number of piperidine rings is 1. The lowest BCUT2D eigenvalue weighted by Gasteiger charge is -2.32. The third kappa shape index (κ3) is 4.25. The zero-order valence-electron chi connectivity index (χ0n) is 16.2. The smallest absolute Gasteiger partial charge is 0.123 e. The second kappa shape index (κ2) is 8.57. The molecule has 0 amide bonds. The number of nitrogens with one attached hydrogen (secondary N) is 1. The number of hydrogen-bond acceptors (Lipinski definition) is 3. The molecule has 0 spiro atoms. The van der Waals surface area contributed by atoms with Crippen LogP contribution in [0.4, 0.5) is 4.39 Å². The molecule has 0 bridgehead atoms. The third-order valence-electron chi connectivity index (χ3n) is 5.36. The van der Waals surface area contributed by atoms with Gasteiger partial charge in [-0.25, -0.2) is 4.39 Å². The molecule has 0 unspecified atom stereocenters. The molecule has 1 fully saturated rings. The lowest BCUT2D eigenvalue weighted by molar-refractivity contribution is 0.198. The topological polar surface area (TPSA) is 41.1 Å². The van der Waals surface area contributed by atoms with Crippen LogP contribution >= 0.6 is 0 Å². The maximum absolute atomic E-state index is 13.7. The first-order chi connectivity index (χ1) is 13.7. The van der Waals surface area contributed by atoms with Crippen molar-refractivity contribution in [2.45, 2.75) is 32.2 Å². The van der Waals surface area contributed by atoms with Gasteiger partial charge in [0.2, 0.25) is 0 Å². The molecular weight excluding hydrogens is 353 g/mol. The van der Waals surface area contributed by atoms with E-state index in [9.17, 15) is 4.39 Å². The summed E-state index contributed by atoms with van der Waals surface area (Å²) in [7, 11) is 0. The highest BCUT2D eigenvalue weighted by Gasteiger charge is 2.25. The summed E-state index contributed by atoms with van der Waals surface area (Å²) < 4.78 is 19.2. The predicted molar refractivity (Wildman–Crippen MR) is 109 cm³/mol. The Morgan fingerprint density at radius 3 is 2.86 bits per heavy atom. The quantitative estimate of drug-likeness (QED) is 0.656. The number of aromatic nitrogens is 2. The Bertz CT molecular complexity index is 906. The van der Waals surface area contributed by atoms with Gasteiger partial charge in [-0.2, -0.15) is 5.10 Å². The van der Waals surface area contributed by atoms with Crippen molar-refractivity contribution in [3.05, 3.63) is 71.8 Å². The van der Waals surface area contributed by atoms with E-state index in [4.69, 9.17) is 4.74 Å². The number of halogens is 1. The van der Waals surface area contributed by atoms with Crippen molar-refractivity contribution >= 4 is 0 Å². The average molecular weight is 379 g/mol. The number of likely N-dealkylation sites (tertiary alicyclic amines) is 1. The van der Waals surface area contributed by atoms with Gasteiger partial charge in [0.1, 0.15) is 11.6 Å². The molecule has 2 aromatic carbocycles. The molecule has 2 heterocycles. The van der Waals surface area contributed by atoms with Gasteiger partial charge < -0.3 is 4.74 Å². The Labute approximate surface area is 165 Å². The molecule has 1 aliphatic rings. The van der Waals surface area contributed by atoms with Crippen molar-refractivity contribution in [3.63, 3.8) is 0 Å².